The van der Waals surface area contributed by atoms with E-state index in [1.54, 1.807) is 30.3 Å². The molecule has 0 saturated carbocycles. The molecule has 0 aliphatic rings. The van der Waals surface area contributed by atoms with Gasteiger partial charge in [0.2, 0.25) is 0 Å². The van der Waals surface area contributed by atoms with Crippen LogP contribution in [0.5, 0.6) is 0 Å². The molecule has 10 nitrogen and oxygen atoms in total. The largest absolute Gasteiger partial charge is 0.478 e. The maximum absolute atomic E-state index is 11.1. The summed E-state index contributed by atoms with van der Waals surface area (Å²) in [5.74, 6) is -4.92. The lowest BCUT2D eigenvalue weighted by Crippen LogP contribution is -2.08. The fourth-order valence-corrected chi connectivity index (χ4v) is 2.54. The number of benzene rings is 3. The Kier molecular flexibility index (Phi) is 10.00. The van der Waals surface area contributed by atoms with Crippen molar-refractivity contribution in [3.63, 3.8) is 0 Å². The zero-order valence-electron chi connectivity index (χ0n) is 16.5. The highest BCUT2D eigenvalue weighted by atomic mass is 16.4. The molecule has 0 heterocycles. The van der Waals surface area contributed by atoms with Crippen LogP contribution in [0, 0.1) is 0 Å². The van der Waals surface area contributed by atoms with E-state index >= 15 is 0 Å². The second-order valence-electron chi connectivity index (χ2n) is 5.92. The first-order valence-electron chi connectivity index (χ1n) is 8.91. The van der Waals surface area contributed by atoms with Crippen LogP contribution in [0.2, 0.25) is 0 Å². The lowest BCUT2D eigenvalue weighted by molar-refractivity contribution is 0.0651. The summed E-state index contributed by atoms with van der Waals surface area (Å²) in [6.07, 6.45) is 0. The van der Waals surface area contributed by atoms with E-state index in [0.717, 1.165) is 0 Å². The predicted molar refractivity (Wildman–Crippen MR) is 112 cm³/mol. The molecule has 0 aliphatic heterocycles. The van der Waals surface area contributed by atoms with Gasteiger partial charge in [-0.05, 0) is 29.0 Å². The lowest BCUT2D eigenvalue weighted by Gasteiger charge is -2.05. The standard InChI is InChI=1S/C12H8O4.C8H6O4.C2H6O2/c13-11(14)9-6-5-7-3-1-2-4-8(7)10(9)12(15)16;9-7(10)5-3-1-2-4-6(5)8(11)12;3-1-2-4/h1-6H,(H,13,14)(H,15,16);1-4H,(H,9,10)(H,11,12);3-4H,1-2H2. The van der Waals surface area contributed by atoms with E-state index < -0.39 is 23.9 Å². The highest BCUT2D eigenvalue weighted by molar-refractivity contribution is 6.11. The van der Waals surface area contributed by atoms with Crippen molar-refractivity contribution in [3.05, 3.63) is 82.9 Å². The van der Waals surface area contributed by atoms with Crippen LogP contribution in [-0.2, 0) is 0 Å². The van der Waals surface area contributed by atoms with Crippen LogP contribution in [0.1, 0.15) is 41.4 Å². The Morgan fingerprint density at radius 2 is 0.969 bits per heavy atom. The number of aliphatic hydroxyl groups excluding tert-OH is 2. The third kappa shape index (κ3) is 6.90. The minimum absolute atomic E-state index is 0.125. The maximum Gasteiger partial charge on any atom is 0.337 e. The smallest absolute Gasteiger partial charge is 0.337 e. The van der Waals surface area contributed by atoms with Crippen molar-refractivity contribution in [2.24, 2.45) is 0 Å². The molecular weight excluding hydrogens is 424 g/mol. The highest BCUT2D eigenvalue weighted by Crippen LogP contribution is 2.22. The van der Waals surface area contributed by atoms with E-state index in [-0.39, 0.29) is 35.5 Å². The number of carboxylic acid groups (broad SMARTS) is 4. The van der Waals surface area contributed by atoms with Gasteiger partial charge in [0.1, 0.15) is 0 Å². The molecule has 0 saturated heterocycles. The first kappa shape index (κ1) is 25.8. The molecule has 3 aromatic rings. The number of aromatic carboxylic acids is 4. The van der Waals surface area contributed by atoms with Crippen molar-refractivity contribution in [2.45, 2.75) is 0 Å². The SMILES string of the molecule is O=C(O)c1ccc2ccccc2c1C(=O)O.O=C(O)c1ccccc1C(=O)O.OCCO. The molecule has 0 fully saturated rings. The number of carboxylic acids is 4. The van der Waals surface area contributed by atoms with Crippen molar-refractivity contribution in [1.29, 1.82) is 0 Å². The first-order chi connectivity index (χ1) is 15.1. The van der Waals surface area contributed by atoms with E-state index in [1.165, 1.54) is 30.3 Å². The van der Waals surface area contributed by atoms with Crippen LogP contribution in [0.15, 0.2) is 60.7 Å². The fourth-order valence-electron chi connectivity index (χ4n) is 2.54. The summed E-state index contributed by atoms with van der Waals surface area (Å²) in [5, 5.41) is 51.5. The van der Waals surface area contributed by atoms with Gasteiger partial charge in [-0.1, -0.05) is 42.5 Å². The molecule has 32 heavy (non-hydrogen) atoms. The number of hydrogen-bond donors (Lipinski definition) is 6. The van der Waals surface area contributed by atoms with Gasteiger partial charge in [-0.3, -0.25) is 0 Å². The maximum atomic E-state index is 11.1. The summed E-state index contributed by atoms with van der Waals surface area (Å²) >= 11 is 0. The molecule has 0 bridgehead atoms. The summed E-state index contributed by atoms with van der Waals surface area (Å²) in [4.78, 5) is 42.9. The average Bonchev–Trinajstić information content (AvgIpc) is 2.78. The molecule has 0 atom stereocenters. The quantitative estimate of drug-likeness (QED) is 0.340. The van der Waals surface area contributed by atoms with Crippen LogP contribution in [0.3, 0.4) is 0 Å². The summed E-state index contributed by atoms with van der Waals surface area (Å²) in [6, 6.07) is 15.2. The van der Waals surface area contributed by atoms with Crippen molar-refractivity contribution >= 4 is 34.6 Å². The van der Waals surface area contributed by atoms with Crippen LogP contribution in [0.25, 0.3) is 10.8 Å². The van der Waals surface area contributed by atoms with Crippen LogP contribution in [0.4, 0.5) is 0 Å². The van der Waals surface area contributed by atoms with Crippen LogP contribution < -0.4 is 0 Å². The molecule has 3 rings (SSSR count). The highest BCUT2D eigenvalue weighted by Gasteiger charge is 2.18. The number of hydrogen-bond acceptors (Lipinski definition) is 6. The van der Waals surface area contributed by atoms with E-state index in [0.29, 0.717) is 10.8 Å². The number of carbonyl (C=O) groups is 4. The van der Waals surface area contributed by atoms with Crippen molar-refractivity contribution in [2.75, 3.05) is 13.2 Å². The summed E-state index contributed by atoms with van der Waals surface area (Å²) < 4.78 is 0. The minimum Gasteiger partial charge on any atom is -0.478 e. The summed E-state index contributed by atoms with van der Waals surface area (Å²) in [6.45, 7) is -0.250. The van der Waals surface area contributed by atoms with Gasteiger partial charge < -0.3 is 30.6 Å². The van der Waals surface area contributed by atoms with Gasteiger partial charge in [0.15, 0.2) is 0 Å². The normalized spacial score (nSPS) is 9.56. The number of aliphatic hydroxyl groups is 2. The predicted octanol–water partition coefficient (Wildman–Crippen LogP) is 2.29. The van der Waals surface area contributed by atoms with Gasteiger partial charge in [0.25, 0.3) is 0 Å². The molecule has 6 N–H and O–H groups in total. The third-order valence-corrected chi connectivity index (χ3v) is 3.86. The Morgan fingerprint density at radius 1 is 0.531 bits per heavy atom. The van der Waals surface area contributed by atoms with Gasteiger partial charge >= 0.3 is 23.9 Å². The second kappa shape index (κ2) is 12.4. The van der Waals surface area contributed by atoms with E-state index in [2.05, 4.69) is 0 Å². The number of fused-ring (bicyclic) bond motifs is 1. The van der Waals surface area contributed by atoms with Gasteiger partial charge in [0.05, 0.1) is 35.5 Å². The van der Waals surface area contributed by atoms with Crippen molar-refractivity contribution in [3.8, 4) is 0 Å². The Bertz CT molecular complexity index is 1090. The zero-order chi connectivity index (χ0) is 24.3. The van der Waals surface area contributed by atoms with Crippen LogP contribution in [-0.4, -0.2) is 67.7 Å². The molecule has 0 amide bonds. The van der Waals surface area contributed by atoms with E-state index in [9.17, 15) is 19.2 Å². The Labute approximate surface area is 181 Å². The molecule has 0 radical (unpaired) electrons. The first-order valence-corrected chi connectivity index (χ1v) is 8.91. The molecule has 0 aliphatic carbocycles. The Balaban J connectivity index is 0.000000283. The molecule has 168 valence electrons. The van der Waals surface area contributed by atoms with E-state index in [4.69, 9.17) is 30.6 Å². The molecule has 10 heteroatoms. The summed E-state index contributed by atoms with van der Waals surface area (Å²) in [5.41, 5.74) is -0.730. The van der Waals surface area contributed by atoms with Crippen molar-refractivity contribution < 1.29 is 49.8 Å². The van der Waals surface area contributed by atoms with Crippen LogP contribution >= 0.6 is 0 Å². The average molecular weight is 444 g/mol. The third-order valence-electron chi connectivity index (χ3n) is 3.86. The molecule has 0 unspecified atom stereocenters. The Morgan fingerprint density at radius 3 is 1.38 bits per heavy atom. The molecule has 0 spiro atoms. The summed E-state index contributed by atoms with van der Waals surface area (Å²) in [7, 11) is 0. The monoisotopic (exact) mass is 444 g/mol. The van der Waals surface area contributed by atoms with E-state index in [1.807, 2.05) is 0 Å². The fraction of sp³-hybridized carbons (Fsp3) is 0.0909. The Hall–Kier alpha value is -4.28. The molecular formula is C22H20O10. The van der Waals surface area contributed by atoms with Crippen molar-refractivity contribution in [1.82, 2.24) is 0 Å². The molecule has 3 aromatic carbocycles. The molecule has 0 aromatic heterocycles. The lowest BCUT2D eigenvalue weighted by atomic mass is 9.99. The van der Waals surface area contributed by atoms with Gasteiger partial charge in [-0.15, -0.1) is 0 Å². The minimum atomic E-state index is -1.23. The van der Waals surface area contributed by atoms with Gasteiger partial charge in [-0.2, -0.15) is 0 Å². The number of rotatable bonds is 5. The van der Waals surface area contributed by atoms with Gasteiger partial charge in [-0.25, -0.2) is 19.2 Å². The second-order valence-corrected chi connectivity index (χ2v) is 5.92. The zero-order valence-corrected chi connectivity index (χ0v) is 16.5. The van der Waals surface area contributed by atoms with Gasteiger partial charge in [0, 0.05) is 0 Å². The topological polar surface area (TPSA) is 190 Å².